The first-order chi connectivity index (χ1) is 9.06. The van der Waals surface area contributed by atoms with Crippen molar-refractivity contribution in [1.29, 1.82) is 0 Å². The third kappa shape index (κ3) is 4.18. The Balaban J connectivity index is 2.21. The van der Waals surface area contributed by atoms with Crippen molar-refractivity contribution in [2.75, 3.05) is 0 Å². The van der Waals surface area contributed by atoms with E-state index in [1.807, 2.05) is 19.1 Å². The molecule has 0 aliphatic carbocycles. The predicted octanol–water partition coefficient (Wildman–Crippen LogP) is 4.15. The predicted molar refractivity (Wildman–Crippen MR) is 82.2 cm³/mol. The summed E-state index contributed by atoms with van der Waals surface area (Å²) in [4.78, 5) is 1.14. The van der Waals surface area contributed by atoms with Crippen molar-refractivity contribution in [3.8, 4) is 0 Å². The molecule has 19 heavy (non-hydrogen) atoms. The molecule has 0 bridgehead atoms. The Morgan fingerprint density at radius 3 is 2.79 bits per heavy atom. The van der Waals surface area contributed by atoms with Crippen LogP contribution < -0.4 is 5.32 Å². The van der Waals surface area contributed by atoms with Crippen molar-refractivity contribution in [2.24, 2.45) is 0 Å². The highest BCUT2D eigenvalue weighted by molar-refractivity contribution is 8.01. The van der Waals surface area contributed by atoms with E-state index in [-0.39, 0.29) is 0 Å². The second-order valence-electron chi connectivity index (χ2n) is 4.44. The van der Waals surface area contributed by atoms with Crippen molar-refractivity contribution >= 4 is 34.7 Å². The third-order valence-electron chi connectivity index (χ3n) is 2.47. The van der Waals surface area contributed by atoms with Crippen LogP contribution >= 0.6 is 34.7 Å². The standard InChI is InChI=1S/C13H16ClN3S2/c1-8(2)15-7-10-11(14)5-4-6-12(10)19-13-17-16-9(3)18-13/h4-6,8,15H,7H2,1-3H3. The first kappa shape index (κ1) is 14.8. The molecule has 2 rings (SSSR count). The number of halogens is 1. The summed E-state index contributed by atoms with van der Waals surface area (Å²) in [6.45, 7) is 6.97. The van der Waals surface area contributed by atoms with Crippen molar-refractivity contribution in [3.63, 3.8) is 0 Å². The second kappa shape index (κ2) is 6.70. The maximum atomic E-state index is 6.30. The van der Waals surface area contributed by atoms with Crippen molar-refractivity contribution < 1.29 is 0 Å². The zero-order valence-electron chi connectivity index (χ0n) is 11.1. The molecule has 6 heteroatoms. The lowest BCUT2D eigenvalue weighted by molar-refractivity contribution is 0.585. The van der Waals surface area contributed by atoms with Gasteiger partial charge in [-0.05, 0) is 24.6 Å². The summed E-state index contributed by atoms with van der Waals surface area (Å²) in [6.07, 6.45) is 0. The van der Waals surface area contributed by atoms with E-state index in [4.69, 9.17) is 11.6 Å². The minimum atomic E-state index is 0.429. The van der Waals surface area contributed by atoms with Crippen molar-refractivity contribution in [2.45, 2.75) is 42.6 Å². The molecule has 1 aromatic carbocycles. The molecule has 1 N–H and O–H groups in total. The van der Waals surface area contributed by atoms with Crippen molar-refractivity contribution in [1.82, 2.24) is 15.5 Å². The van der Waals surface area contributed by atoms with Gasteiger partial charge in [0, 0.05) is 22.5 Å². The molecule has 0 unspecified atom stereocenters. The SMILES string of the molecule is Cc1nnc(Sc2cccc(Cl)c2CNC(C)C)s1. The highest BCUT2D eigenvalue weighted by atomic mass is 35.5. The van der Waals surface area contributed by atoms with Gasteiger partial charge in [-0.15, -0.1) is 10.2 Å². The molecule has 0 saturated heterocycles. The van der Waals surface area contributed by atoms with E-state index >= 15 is 0 Å². The molecular formula is C13H16ClN3S2. The second-order valence-corrected chi connectivity index (χ2v) is 7.32. The summed E-state index contributed by atoms with van der Waals surface area (Å²) in [6, 6.07) is 6.40. The van der Waals surface area contributed by atoms with Gasteiger partial charge in [-0.3, -0.25) is 0 Å². The molecule has 0 aliphatic heterocycles. The van der Waals surface area contributed by atoms with Gasteiger partial charge in [-0.1, -0.05) is 54.6 Å². The lowest BCUT2D eigenvalue weighted by Gasteiger charge is -2.13. The molecular weight excluding hydrogens is 298 g/mol. The Hall–Kier alpha value is -0.620. The van der Waals surface area contributed by atoms with Gasteiger partial charge in [0.1, 0.15) is 5.01 Å². The van der Waals surface area contributed by atoms with Crippen LogP contribution in [-0.4, -0.2) is 16.2 Å². The molecule has 1 heterocycles. The van der Waals surface area contributed by atoms with Crippen LogP contribution in [0.25, 0.3) is 0 Å². The van der Waals surface area contributed by atoms with Gasteiger partial charge in [0.25, 0.3) is 0 Å². The van der Waals surface area contributed by atoms with Gasteiger partial charge >= 0.3 is 0 Å². The topological polar surface area (TPSA) is 37.8 Å². The van der Waals surface area contributed by atoms with Crippen LogP contribution in [0.3, 0.4) is 0 Å². The Kier molecular flexibility index (Phi) is 5.21. The highest BCUT2D eigenvalue weighted by Gasteiger charge is 2.11. The Bertz CT molecular complexity index is 555. The largest absolute Gasteiger partial charge is 0.310 e. The molecule has 0 radical (unpaired) electrons. The van der Waals surface area contributed by atoms with Crippen LogP contribution in [-0.2, 0) is 6.54 Å². The first-order valence-electron chi connectivity index (χ1n) is 6.05. The van der Waals surface area contributed by atoms with Gasteiger partial charge in [0.2, 0.25) is 0 Å². The van der Waals surface area contributed by atoms with E-state index in [1.165, 1.54) is 0 Å². The zero-order valence-corrected chi connectivity index (χ0v) is 13.5. The third-order valence-corrected chi connectivity index (χ3v) is 4.81. The van der Waals surface area contributed by atoms with Crippen molar-refractivity contribution in [3.05, 3.63) is 33.8 Å². The number of nitrogens with one attached hydrogen (secondary N) is 1. The fourth-order valence-corrected chi connectivity index (χ4v) is 3.76. The average molecular weight is 314 g/mol. The molecule has 0 saturated carbocycles. The Labute approximate surface area is 126 Å². The molecule has 0 aliphatic rings. The normalized spacial score (nSPS) is 11.2. The van der Waals surface area contributed by atoms with E-state index in [1.54, 1.807) is 23.1 Å². The van der Waals surface area contributed by atoms with Crippen LogP contribution in [0.4, 0.5) is 0 Å². The number of aryl methyl sites for hydroxylation is 1. The summed E-state index contributed by atoms with van der Waals surface area (Å²) in [5.74, 6) is 0. The number of hydrogen-bond donors (Lipinski definition) is 1. The molecule has 3 nitrogen and oxygen atoms in total. The number of benzene rings is 1. The molecule has 0 atom stereocenters. The van der Waals surface area contributed by atoms with E-state index in [0.717, 1.165) is 31.4 Å². The van der Waals surface area contributed by atoms with E-state index < -0.39 is 0 Å². The Morgan fingerprint density at radius 1 is 1.37 bits per heavy atom. The minimum Gasteiger partial charge on any atom is -0.310 e. The maximum Gasteiger partial charge on any atom is 0.179 e. The summed E-state index contributed by atoms with van der Waals surface area (Å²) in [5.41, 5.74) is 1.12. The van der Waals surface area contributed by atoms with Crippen LogP contribution in [0.1, 0.15) is 24.4 Å². The quantitative estimate of drug-likeness (QED) is 0.900. The zero-order chi connectivity index (χ0) is 13.8. The number of aromatic nitrogens is 2. The monoisotopic (exact) mass is 313 g/mol. The van der Waals surface area contributed by atoms with Gasteiger partial charge in [-0.2, -0.15) is 0 Å². The van der Waals surface area contributed by atoms with Crippen LogP contribution in [0.15, 0.2) is 27.4 Å². The maximum absolute atomic E-state index is 6.30. The fraction of sp³-hybridized carbons (Fsp3) is 0.385. The molecule has 0 spiro atoms. The molecule has 0 amide bonds. The highest BCUT2D eigenvalue weighted by Crippen LogP contribution is 2.35. The lowest BCUT2D eigenvalue weighted by Crippen LogP contribution is -2.22. The lowest BCUT2D eigenvalue weighted by atomic mass is 10.2. The smallest absolute Gasteiger partial charge is 0.179 e. The number of nitrogens with zero attached hydrogens (tertiary/aromatic N) is 2. The van der Waals surface area contributed by atoms with Crippen LogP contribution in [0.2, 0.25) is 5.02 Å². The molecule has 2 aromatic rings. The number of hydrogen-bond acceptors (Lipinski definition) is 5. The van der Waals surface area contributed by atoms with E-state index in [9.17, 15) is 0 Å². The van der Waals surface area contributed by atoms with Gasteiger partial charge in [0.05, 0.1) is 0 Å². The number of rotatable bonds is 5. The first-order valence-corrected chi connectivity index (χ1v) is 8.06. The molecule has 0 fully saturated rings. The Morgan fingerprint density at radius 2 is 2.16 bits per heavy atom. The van der Waals surface area contributed by atoms with Crippen LogP contribution in [0, 0.1) is 6.92 Å². The molecule has 102 valence electrons. The summed E-state index contributed by atoms with van der Waals surface area (Å²) in [5, 5.41) is 13.4. The summed E-state index contributed by atoms with van der Waals surface area (Å²) in [7, 11) is 0. The summed E-state index contributed by atoms with van der Waals surface area (Å²) < 4.78 is 0.950. The van der Waals surface area contributed by atoms with E-state index in [0.29, 0.717) is 6.04 Å². The van der Waals surface area contributed by atoms with Crippen LogP contribution in [0.5, 0.6) is 0 Å². The summed E-state index contributed by atoms with van der Waals surface area (Å²) >= 11 is 9.52. The minimum absolute atomic E-state index is 0.429. The molecule has 1 aromatic heterocycles. The van der Waals surface area contributed by atoms with E-state index in [2.05, 4.69) is 35.4 Å². The van der Waals surface area contributed by atoms with Gasteiger partial charge in [0.15, 0.2) is 4.34 Å². The van der Waals surface area contributed by atoms with Gasteiger partial charge in [-0.25, -0.2) is 0 Å². The average Bonchev–Trinajstić information content (AvgIpc) is 2.74. The fourth-order valence-electron chi connectivity index (χ4n) is 1.53. The van der Waals surface area contributed by atoms with Gasteiger partial charge < -0.3 is 5.32 Å².